The van der Waals surface area contributed by atoms with Crippen molar-refractivity contribution < 1.29 is 8.42 Å². The number of nitrogens with two attached hydrogens (primary N) is 1. The minimum Gasteiger partial charge on any atom is -0.326 e. The summed E-state index contributed by atoms with van der Waals surface area (Å²) in [6, 6.07) is 5.31. The van der Waals surface area contributed by atoms with Gasteiger partial charge < -0.3 is 10.6 Å². The van der Waals surface area contributed by atoms with Crippen LogP contribution in [-0.2, 0) is 16.6 Å². The second-order valence-corrected chi connectivity index (χ2v) is 6.64. The average molecular weight is 285 g/mol. The van der Waals surface area contributed by atoms with E-state index in [1.807, 2.05) is 32.0 Å². The number of nitrogens with one attached hydrogen (secondary N) is 1. The average Bonchev–Trinajstić information content (AvgIpc) is 2.35. The lowest BCUT2D eigenvalue weighted by atomic mass is 10.1. The van der Waals surface area contributed by atoms with Gasteiger partial charge in [0, 0.05) is 19.1 Å². The van der Waals surface area contributed by atoms with Crippen LogP contribution in [0.3, 0.4) is 0 Å². The number of rotatable bonds is 6. The smallest absolute Gasteiger partial charge is 0.240 e. The summed E-state index contributed by atoms with van der Waals surface area (Å²) in [6.45, 7) is 4.46. The third-order valence-corrected chi connectivity index (χ3v) is 4.92. The highest BCUT2D eigenvalue weighted by Gasteiger charge is 2.19. The van der Waals surface area contributed by atoms with Gasteiger partial charge in [-0.3, -0.25) is 0 Å². The minimum absolute atomic E-state index is 0.132. The van der Waals surface area contributed by atoms with Crippen molar-refractivity contribution in [2.45, 2.75) is 31.3 Å². The number of hydrogen-bond acceptors (Lipinski definition) is 4. The minimum atomic E-state index is -3.48. The molecule has 108 valence electrons. The van der Waals surface area contributed by atoms with Crippen molar-refractivity contribution in [2.24, 2.45) is 5.73 Å². The van der Waals surface area contributed by atoms with Crippen LogP contribution >= 0.6 is 0 Å². The Morgan fingerprint density at radius 1 is 1.37 bits per heavy atom. The summed E-state index contributed by atoms with van der Waals surface area (Å²) in [5, 5.41) is 0. The summed E-state index contributed by atoms with van der Waals surface area (Å²) in [7, 11) is 0.348. The van der Waals surface area contributed by atoms with E-state index in [1.165, 1.54) is 0 Å². The van der Waals surface area contributed by atoms with E-state index in [1.54, 1.807) is 19.1 Å². The zero-order chi connectivity index (χ0) is 14.6. The van der Waals surface area contributed by atoms with Crippen molar-refractivity contribution in [2.75, 3.05) is 20.6 Å². The van der Waals surface area contributed by atoms with Crippen LogP contribution < -0.4 is 10.5 Å². The molecule has 1 aromatic rings. The predicted octanol–water partition coefficient (Wildman–Crippen LogP) is 0.682. The van der Waals surface area contributed by atoms with E-state index >= 15 is 0 Å². The maximum Gasteiger partial charge on any atom is 0.240 e. The summed E-state index contributed by atoms with van der Waals surface area (Å²) in [5.41, 5.74) is 7.17. The fraction of sp³-hybridized carbons (Fsp3) is 0.538. The van der Waals surface area contributed by atoms with Gasteiger partial charge >= 0.3 is 0 Å². The maximum absolute atomic E-state index is 12.3. The van der Waals surface area contributed by atoms with Crippen LogP contribution in [0.2, 0.25) is 0 Å². The Kier molecular flexibility index (Phi) is 5.49. The van der Waals surface area contributed by atoms with Crippen LogP contribution in [0.4, 0.5) is 0 Å². The molecule has 1 rings (SSSR count). The van der Waals surface area contributed by atoms with Crippen LogP contribution in [0.25, 0.3) is 0 Å². The molecule has 0 aliphatic heterocycles. The van der Waals surface area contributed by atoms with E-state index in [-0.39, 0.29) is 6.04 Å². The summed E-state index contributed by atoms with van der Waals surface area (Å²) in [6.07, 6.45) is 0. The van der Waals surface area contributed by atoms with Gasteiger partial charge in [0.1, 0.15) is 0 Å². The largest absolute Gasteiger partial charge is 0.326 e. The fourth-order valence-corrected chi connectivity index (χ4v) is 3.07. The third kappa shape index (κ3) is 4.01. The molecule has 0 radical (unpaired) electrons. The molecular weight excluding hydrogens is 262 g/mol. The summed E-state index contributed by atoms with van der Waals surface area (Å²) in [5.74, 6) is 0. The Morgan fingerprint density at radius 3 is 2.53 bits per heavy atom. The van der Waals surface area contributed by atoms with Gasteiger partial charge in [-0.05, 0) is 45.1 Å². The summed E-state index contributed by atoms with van der Waals surface area (Å²) in [4.78, 5) is 2.27. The van der Waals surface area contributed by atoms with Crippen molar-refractivity contribution in [1.29, 1.82) is 0 Å². The number of benzene rings is 1. The predicted molar refractivity (Wildman–Crippen MR) is 77.4 cm³/mol. The first-order valence-electron chi connectivity index (χ1n) is 6.24. The van der Waals surface area contributed by atoms with E-state index < -0.39 is 10.0 Å². The number of nitrogens with zero attached hydrogens (tertiary/aromatic N) is 1. The molecule has 0 saturated carbocycles. The SMILES string of the molecule is Cc1c(CN)cccc1S(=O)(=O)NCC(C)N(C)C. The second-order valence-electron chi connectivity index (χ2n) is 4.91. The molecule has 1 unspecified atom stereocenters. The van der Waals surface area contributed by atoms with Gasteiger partial charge in [0.2, 0.25) is 10.0 Å². The van der Waals surface area contributed by atoms with E-state index in [2.05, 4.69) is 4.72 Å². The molecule has 0 aliphatic rings. The lowest BCUT2D eigenvalue weighted by Gasteiger charge is -2.20. The molecule has 19 heavy (non-hydrogen) atoms. The number of likely N-dealkylation sites (N-methyl/N-ethyl adjacent to an activating group) is 1. The Labute approximate surface area is 115 Å². The van der Waals surface area contributed by atoms with Crippen molar-refractivity contribution in [3.8, 4) is 0 Å². The van der Waals surface area contributed by atoms with E-state index in [9.17, 15) is 8.42 Å². The zero-order valence-corrected chi connectivity index (χ0v) is 12.8. The molecule has 0 aromatic heterocycles. The molecular formula is C13H23N3O2S. The summed E-state index contributed by atoms with van der Waals surface area (Å²) >= 11 is 0. The summed E-state index contributed by atoms with van der Waals surface area (Å²) < 4.78 is 27.2. The Morgan fingerprint density at radius 2 is 2.00 bits per heavy atom. The maximum atomic E-state index is 12.3. The van der Waals surface area contributed by atoms with E-state index in [4.69, 9.17) is 5.73 Å². The van der Waals surface area contributed by atoms with Crippen molar-refractivity contribution >= 4 is 10.0 Å². The molecule has 0 aliphatic carbocycles. The molecule has 0 spiro atoms. The second kappa shape index (κ2) is 6.47. The van der Waals surface area contributed by atoms with Gasteiger partial charge in [-0.15, -0.1) is 0 Å². The van der Waals surface area contributed by atoms with E-state index in [0.29, 0.717) is 18.0 Å². The fourth-order valence-electron chi connectivity index (χ4n) is 1.66. The van der Waals surface area contributed by atoms with E-state index in [0.717, 1.165) is 11.1 Å². The van der Waals surface area contributed by atoms with Crippen LogP contribution in [0.1, 0.15) is 18.1 Å². The van der Waals surface area contributed by atoms with Gasteiger partial charge in [0.25, 0.3) is 0 Å². The highest BCUT2D eigenvalue weighted by atomic mass is 32.2. The molecule has 0 heterocycles. The molecule has 6 heteroatoms. The first kappa shape index (κ1) is 16.1. The zero-order valence-electron chi connectivity index (χ0n) is 12.0. The lowest BCUT2D eigenvalue weighted by molar-refractivity contribution is 0.314. The molecule has 0 bridgehead atoms. The van der Waals surface area contributed by atoms with Crippen LogP contribution in [0, 0.1) is 6.92 Å². The Bertz CT molecular complexity index is 527. The van der Waals surface area contributed by atoms with Gasteiger partial charge in [-0.2, -0.15) is 0 Å². The van der Waals surface area contributed by atoms with Crippen molar-refractivity contribution in [3.05, 3.63) is 29.3 Å². The van der Waals surface area contributed by atoms with Gasteiger partial charge in [0.05, 0.1) is 4.90 Å². The highest BCUT2D eigenvalue weighted by molar-refractivity contribution is 7.89. The van der Waals surface area contributed by atoms with Crippen LogP contribution in [0.15, 0.2) is 23.1 Å². The molecule has 3 N–H and O–H groups in total. The molecule has 0 fully saturated rings. The molecule has 1 atom stereocenters. The number of hydrogen-bond donors (Lipinski definition) is 2. The third-order valence-electron chi connectivity index (χ3n) is 3.36. The monoisotopic (exact) mass is 285 g/mol. The molecule has 1 aromatic carbocycles. The quantitative estimate of drug-likeness (QED) is 0.806. The molecule has 0 amide bonds. The lowest BCUT2D eigenvalue weighted by Crippen LogP contribution is -2.38. The van der Waals surface area contributed by atoms with Crippen molar-refractivity contribution in [3.63, 3.8) is 0 Å². The first-order valence-corrected chi connectivity index (χ1v) is 7.72. The topological polar surface area (TPSA) is 75.4 Å². The van der Waals surface area contributed by atoms with Crippen LogP contribution in [-0.4, -0.2) is 40.0 Å². The van der Waals surface area contributed by atoms with Gasteiger partial charge in [-0.1, -0.05) is 12.1 Å². The highest BCUT2D eigenvalue weighted by Crippen LogP contribution is 2.18. The standard InChI is InChI=1S/C13H23N3O2S/c1-10(16(3)4)9-15-19(17,18)13-7-5-6-12(8-14)11(13)2/h5-7,10,15H,8-9,14H2,1-4H3. The van der Waals surface area contributed by atoms with Crippen molar-refractivity contribution in [1.82, 2.24) is 9.62 Å². The van der Waals surface area contributed by atoms with Crippen LogP contribution in [0.5, 0.6) is 0 Å². The molecule has 0 saturated heterocycles. The number of sulfonamides is 1. The Hall–Kier alpha value is -0.950. The normalized spacial score (nSPS) is 13.8. The Balaban J connectivity index is 2.95. The molecule has 5 nitrogen and oxygen atoms in total. The first-order chi connectivity index (χ1) is 8.79. The van der Waals surface area contributed by atoms with Gasteiger partial charge in [-0.25, -0.2) is 13.1 Å². The van der Waals surface area contributed by atoms with Gasteiger partial charge in [0.15, 0.2) is 0 Å².